The van der Waals surface area contributed by atoms with Gasteiger partial charge in [0.1, 0.15) is 5.75 Å². The van der Waals surface area contributed by atoms with Crippen molar-refractivity contribution < 1.29 is 9.53 Å². The summed E-state index contributed by atoms with van der Waals surface area (Å²) < 4.78 is 7.58. The second kappa shape index (κ2) is 9.95. The molecule has 0 spiro atoms. The first-order valence-electron chi connectivity index (χ1n) is 11.7. The molecule has 0 aliphatic heterocycles. The maximum Gasteiger partial charge on any atom is 0.262 e. The van der Waals surface area contributed by atoms with Gasteiger partial charge in [-0.2, -0.15) is 9.61 Å². The van der Waals surface area contributed by atoms with Crippen molar-refractivity contribution >= 4 is 17.2 Å². The zero-order valence-corrected chi connectivity index (χ0v) is 20.3. The number of carbonyl (C=O) groups excluding carboxylic acids is 1. The molecule has 5 rings (SSSR count). The maximum atomic E-state index is 12.7. The Kier molecular flexibility index (Phi) is 6.40. The van der Waals surface area contributed by atoms with E-state index in [1.807, 2.05) is 61.5 Å². The highest BCUT2D eigenvalue weighted by molar-refractivity contribution is 5.92. The molecule has 0 aliphatic carbocycles. The Bertz CT molecular complexity index is 1530. The zero-order valence-electron chi connectivity index (χ0n) is 20.3. The summed E-state index contributed by atoms with van der Waals surface area (Å²) in [7, 11) is 0. The fraction of sp³-hybridized carbons (Fsp3) is 0.179. The number of fused-ring (bicyclic) bond motifs is 1. The van der Waals surface area contributed by atoms with Gasteiger partial charge in [-0.1, -0.05) is 38.1 Å². The molecule has 0 unspecified atom stereocenters. The summed E-state index contributed by atoms with van der Waals surface area (Å²) >= 11 is 0. The van der Waals surface area contributed by atoms with Gasteiger partial charge in [0.15, 0.2) is 18.1 Å². The van der Waals surface area contributed by atoms with Crippen molar-refractivity contribution in [3.8, 4) is 28.4 Å². The van der Waals surface area contributed by atoms with E-state index >= 15 is 0 Å². The van der Waals surface area contributed by atoms with E-state index in [0.29, 0.717) is 23.1 Å². The minimum Gasteiger partial charge on any atom is -0.483 e. The number of anilines is 1. The van der Waals surface area contributed by atoms with E-state index in [-0.39, 0.29) is 12.5 Å². The Morgan fingerprint density at radius 3 is 2.61 bits per heavy atom. The molecule has 0 radical (unpaired) electrons. The number of nitrogens with one attached hydrogen (secondary N) is 1. The van der Waals surface area contributed by atoms with Gasteiger partial charge in [-0.05, 0) is 66.4 Å². The maximum absolute atomic E-state index is 12.7. The Morgan fingerprint density at radius 1 is 0.972 bits per heavy atom. The van der Waals surface area contributed by atoms with Crippen molar-refractivity contribution in [1.82, 2.24) is 24.8 Å². The Hall–Kier alpha value is -4.59. The fourth-order valence-corrected chi connectivity index (χ4v) is 3.96. The summed E-state index contributed by atoms with van der Waals surface area (Å²) in [6.45, 7) is 6.14. The standard InChI is InChI=1S/C28H26N6O2/c1-18(2)23-8-7-19(3)15-25(23)36-17-27(35)30-22-6-4-5-21(16-22)24-9-10-26-31-32-28(34(26)33-24)20-11-13-29-14-12-20/h4-16,18H,17H2,1-3H3,(H,30,35). The predicted octanol–water partition coefficient (Wildman–Crippen LogP) is 5.30. The van der Waals surface area contributed by atoms with Crippen molar-refractivity contribution in [3.05, 3.63) is 90.3 Å². The summed E-state index contributed by atoms with van der Waals surface area (Å²) in [5.74, 6) is 1.44. The molecule has 1 N–H and O–H groups in total. The normalized spacial score (nSPS) is 11.1. The first kappa shape index (κ1) is 23.2. The average Bonchev–Trinajstić information content (AvgIpc) is 3.31. The van der Waals surface area contributed by atoms with Crippen LogP contribution >= 0.6 is 0 Å². The van der Waals surface area contributed by atoms with Gasteiger partial charge in [-0.15, -0.1) is 10.2 Å². The van der Waals surface area contributed by atoms with Crippen molar-refractivity contribution in [2.45, 2.75) is 26.7 Å². The highest BCUT2D eigenvalue weighted by Gasteiger charge is 2.13. The molecule has 180 valence electrons. The second-order valence-electron chi connectivity index (χ2n) is 8.86. The molecule has 0 fully saturated rings. The molecular weight excluding hydrogens is 452 g/mol. The SMILES string of the molecule is Cc1ccc(C(C)C)c(OCC(=O)Nc2cccc(-c3ccc4nnc(-c5ccncc5)n4n3)c2)c1. The lowest BCUT2D eigenvalue weighted by Gasteiger charge is -2.15. The topological polar surface area (TPSA) is 94.3 Å². The minimum atomic E-state index is -0.231. The second-order valence-corrected chi connectivity index (χ2v) is 8.86. The highest BCUT2D eigenvalue weighted by Crippen LogP contribution is 2.28. The summed E-state index contributed by atoms with van der Waals surface area (Å²) in [5, 5.41) is 16.2. The van der Waals surface area contributed by atoms with Crippen LogP contribution in [0.4, 0.5) is 5.69 Å². The Balaban J connectivity index is 1.33. The summed E-state index contributed by atoms with van der Waals surface area (Å²) in [5.41, 5.74) is 5.93. The molecule has 0 bridgehead atoms. The molecule has 3 heterocycles. The third-order valence-corrected chi connectivity index (χ3v) is 5.79. The quantitative estimate of drug-likeness (QED) is 0.341. The van der Waals surface area contributed by atoms with Crippen LogP contribution in [-0.4, -0.2) is 37.3 Å². The van der Waals surface area contributed by atoms with E-state index in [9.17, 15) is 4.79 Å². The molecule has 8 heteroatoms. The predicted molar refractivity (Wildman–Crippen MR) is 139 cm³/mol. The smallest absolute Gasteiger partial charge is 0.262 e. The third kappa shape index (κ3) is 4.93. The Labute approximate surface area is 209 Å². The number of hydrogen-bond donors (Lipinski definition) is 1. The number of aromatic nitrogens is 5. The van der Waals surface area contributed by atoms with Crippen LogP contribution in [0.25, 0.3) is 28.3 Å². The van der Waals surface area contributed by atoms with Crippen molar-refractivity contribution in [3.63, 3.8) is 0 Å². The number of benzene rings is 2. The van der Waals surface area contributed by atoms with Gasteiger partial charge in [0.05, 0.1) is 5.69 Å². The van der Waals surface area contributed by atoms with Crippen molar-refractivity contribution in [1.29, 1.82) is 0 Å². The molecule has 36 heavy (non-hydrogen) atoms. The lowest BCUT2D eigenvalue weighted by Crippen LogP contribution is -2.20. The first-order chi connectivity index (χ1) is 17.5. The molecular formula is C28H26N6O2. The molecule has 3 aromatic heterocycles. The van der Waals surface area contributed by atoms with Gasteiger partial charge in [0, 0.05) is 29.2 Å². The zero-order chi connectivity index (χ0) is 25.1. The van der Waals surface area contributed by atoms with Crippen LogP contribution in [0.3, 0.4) is 0 Å². The van der Waals surface area contributed by atoms with Crippen LogP contribution < -0.4 is 10.1 Å². The van der Waals surface area contributed by atoms with Gasteiger partial charge < -0.3 is 10.1 Å². The largest absolute Gasteiger partial charge is 0.483 e. The number of aryl methyl sites for hydroxylation is 1. The number of rotatable bonds is 7. The van der Waals surface area contributed by atoms with Crippen LogP contribution in [0.15, 0.2) is 79.1 Å². The molecule has 1 amide bonds. The molecule has 2 aromatic carbocycles. The fourth-order valence-electron chi connectivity index (χ4n) is 3.96. The summed E-state index contributed by atoms with van der Waals surface area (Å²) in [6.07, 6.45) is 3.41. The molecule has 5 aromatic rings. The van der Waals surface area contributed by atoms with E-state index in [1.165, 1.54) is 0 Å². The van der Waals surface area contributed by atoms with Crippen LogP contribution in [0, 0.1) is 6.92 Å². The number of nitrogens with zero attached hydrogens (tertiary/aromatic N) is 5. The summed E-state index contributed by atoms with van der Waals surface area (Å²) in [4.78, 5) is 16.7. The molecule has 8 nitrogen and oxygen atoms in total. The average molecular weight is 479 g/mol. The monoisotopic (exact) mass is 478 g/mol. The third-order valence-electron chi connectivity index (χ3n) is 5.79. The van der Waals surface area contributed by atoms with E-state index in [2.05, 4.69) is 46.5 Å². The lowest BCUT2D eigenvalue weighted by atomic mass is 10.0. The van der Waals surface area contributed by atoms with E-state index in [4.69, 9.17) is 9.84 Å². The Morgan fingerprint density at radius 2 is 1.81 bits per heavy atom. The first-order valence-corrected chi connectivity index (χ1v) is 11.7. The number of carbonyl (C=O) groups is 1. The van der Waals surface area contributed by atoms with Gasteiger partial charge in [-0.25, -0.2) is 0 Å². The van der Waals surface area contributed by atoms with E-state index in [1.54, 1.807) is 16.9 Å². The number of hydrogen-bond acceptors (Lipinski definition) is 6. The number of pyridine rings is 1. The van der Waals surface area contributed by atoms with Gasteiger partial charge in [0.2, 0.25) is 0 Å². The van der Waals surface area contributed by atoms with Crippen LogP contribution in [0.2, 0.25) is 0 Å². The molecule has 0 saturated carbocycles. The van der Waals surface area contributed by atoms with Crippen molar-refractivity contribution in [2.24, 2.45) is 0 Å². The summed E-state index contributed by atoms with van der Waals surface area (Å²) in [6, 6.07) is 21.1. The lowest BCUT2D eigenvalue weighted by molar-refractivity contribution is -0.118. The molecule has 0 atom stereocenters. The highest BCUT2D eigenvalue weighted by atomic mass is 16.5. The molecule has 0 aliphatic rings. The van der Waals surface area contributed by atoms with Gasteiger partial charge >= 0.3 is 0 Å². The van der Waals surface area contributed by atoms with Gasteiger partial charge in [-0.3, -0.25) is 9.78 Å². The minimum absolute atomic E-state index is 0.0758. The van der Waals surface area contributed by atoms with Crippen LogP contribution in [0.1, 0.15) is 30.9 Å². The number of ether oxygens (including phenoxy) is 1. The van der Waals surface area contributed by atoms with Crippen molar-refractivity contribution in [2.75, 3.05) is 11.9 Å². The van der Waals surface area contributed by atoms with E-state index < -0.39 is 0 Å². The van der Waals surface area contributed by atoms with Crippen LogP contribution in [0.5, 0.6) is 5.75 Å². The van der Waals surface area contributed by atoms with E-state index in [0.717, 1.165) is 33.7 Å². The van der Waals surface area contributed by atoms with Crippen LogP contribution in [-0.2, 0) is 4.79 Å². The number of amides is 1. The van der Waals surface area contributed by atoms with Gasteiger partial charge in [0.25, 0.3) is 5.91 Å². The molecule has 0 saturated heterocycles.